The molecule has 0 radical (unpaired) electrons. The minimum atomic E-state index is -0.171. The lowest BCUT2D eigenvalue weighted by Crippen LogP contribution is -2.27. The highest BCUT2D eigenvalue weighted by Gasteiger charge is 2.26. The minimum absolute atomic E-state index is 0.127. The Hall–Kier alpha value is -2.69. The second-order valence-electron chi connectivity index (χ2n) is 8.17. The van der Waals surface area contributed by atoms with E-state index in [1.54, 1.807) is 13.4 Å². The van der Waals surface area contributed by atoms with Crippen LogP contribution in [0.1, 0.15) is 45.6 Å². The van der Waals surface area contributed by atoms with E-state index in [-0.39, 0.29) is 17.6 Å². The minimum Gasteiger partial charge on any atom is -0.385 e. The number of hydrogen-bond donors (Lipinski definition) is 2. The Balaban J connectivity index is 1.43. The molecule has 0 saturated carbocycles. The first-order chi connectivity index (χ1) is 16.6. The van der Waals surface area contributed by atoms with Gasteiger partial charge in [0.2, 0.25) is 5.91 Å². The van der Waals surface area contributed by atoms with E-state index in [9.17, 15) is 9.59 Å². The average Bonchev–Trinajstić information content (AvgIpc) is 3.45. The molecular formula is C24H29N5O3S2. The molecule has 0 saturated heterocycles. The molecule has 0 aliphatic heterocycles. The number of benzene rings is 1. The quantitative estimate of drug-likeness (QED) is 0.323. The number of carbonyl (C=O) groups is 2. The van der Waals surface area contributed by atoms with E-state index in [2.05, 4.69) is 20.8 Å². The van der Waals surface area contributed by atoms with Gasteiger partial charge in [0.15, 0.2) is 5.16 Å². The maximum atomic E-state index is 13.0. The summed E-state index contributed by atoms with van der Waals surface area (Å²) < 4.78 is 6.92. The first kappa shape index (κ1) is 24.4. The second kappa shape index (κ2) is 11.6. The third-order valence-electron chi connectivity index (χ3n) is 5.62. The Morgan fingerprint density at radius 2 is 2.00 bits per heavy atom. The van der Waals surface area contributed by atoms with Crippen molar-refractivity contribution >= 4 is 39.9 Å². The number of nitrogens with zero attached hydrogens (tertiary/aromatic N) is 3. The van der Waals surface area contributed by atoms with E-state index in [0.29, 0.717) is 28.9 Å². The molecule has 0 fully saturated rings. The summed E-state index contributed by atoms with van der Waals surface area (Å²) in [5.41, 5.74) is 3.82. The molecule has 4 rings (SSSR count). The van der Waals surface area contributed by atoms with Crippen molar-refractivity contribution < 1.29 is 14.3 Å². The molecule has 1 aliphatic rings. The van der Waals surface area contributed by atoms with Crippen molar-refractivity contribution in [1.82, 2.24) is 20.1 Å². The van der Waals surface area contributed by atoms with Gasteiger partial charge >= 0.3 is 0 Å². The molecule has 180 valence electrons. The van der Waals surface area contributed by atoms with Crippen molar-refractivity contribution in [3.05, 3.63) is 52.2 Å². The summed E-state index contributed by atoms with van der Waals surface area (Å²) in [7, 11) is 1.64. The zero-order valence-corrected chi connectivity index (χ0v) is 21.1. The molecule has 1 aliphatic carbocycles. The third-order valence-corrected chi connectivity index (χ3v) is 7.77. The number of thioether (sulfide) groups is 1. The SMILES string of the molecule is COCCCNC(=O)c1c(NC(=O)CSc2nncn2-c2ccc(C)cc2)sc2c1CCCC2. The van der Waals surface area contributed by atoms with Gasteiger partial charge in [0.05, 0.1) is 11.3 Å². The number of hydrogen-bond acceptors (Lipinski definition) is 7. The molecule has 2 amide bonds. The van der Waals surface area contributed by atoms with Crippen LogP contribution in [0.25, 0.3) is 5.69 Å². The molecule has 0 spiro atoms. The lowest BCUT2D eigenvalue weighted by Gasteiger charge is -2.13. The highest BCUT2D eigenvalue weighted by atomic mass is 32.2. The number of rotatable bonds is 10. The number of aryl methyl sites for hydroxylation is 2. The van der Waals surface area contributed by atoms with Gasteiger partial charge < -0.3 is 15.4 Å². The lowest BCUT2D eigenvalue weighted by atomic mass is 9.95. The summed E-state index contributed by atoms with van der Waals surface area (Å²) in [5, 5.41) is 15.4. The molecular weight excluding hydrogens is 470 g/mol. The Morgan fingerprint density at radius 1 is 1.21 bits per heavy atom. The van der Waals surface area contributed by atoms with Gasteiger partial charge in [0.1, 0.15) is 11.3 Å². The number of nitrogens with one attached hydrogen (secondary N) is 2. The number of aromatic nitrogens is 3. The van der Waals surface area contributed by atoms with E-state index in [1.807, 2.05) is 35.8 Å². The standard InChI is InChI=1S/C24H29N5O3S2/c1-16-8-10-17(11-9-16)29-15-26-28-24(29)33-14-20(30)27-23-21(22(31)25-12-5-13-32-2)18-6-3-4-7-19(18)34-23/h8-11,15H,3-7,12-14H2,1-2H3,(H,25,31)(H,27,30). The van der Waals surface area contributed by atoms with Gasteiger partial charge in [-0.15, -0.1) is 21.5 Å². The first-order valence-electron chi connectivity index (χ1n) is 11.4. The number of fused-ring (bicyclic) bond motifs is 1. The third kappa shape index (κ3) is 5.86. The topological polar surface area (TPSA) is 98.1 Å². The van der Waals surface area contributed by atoms with Gasteiger partial charge in [-0.2, -0.15) is 0 Å². The van der Waals surface area contributed by atoms with E-state index < -0.39 is 0 Å². The largest absolute Gasteiger partial charge is 0.385 e. The average molecular weight is 500 g/mol. The van der Waals surface area contributed by atoms with Crippen LogP contribution in [0.4, 0.5) is 5.00 Å². The zero-order valence-electron chi connectivity index (χ0n) is 19.4. The molecule has 0 atom stereocenters. The van der Waals surface area contributed by atoms with Crippen LogP contribution in [0.3, 0.4) is 0 Å². The Morgan fingerprint density at radius 3 is 2.79 bits per heavy atom. The summed E-state index contributed by atoms with van der Waals surface area (Å²) >= 11 is 2.84. The summed E-state index contributed by atoms with van der Waals surface area (Å²) in [6, 6.07) is 8.04. The normalized spacial score (nSPS) is 12.9. The molecule has 10 heteroatoms. The first-order valence-corrected chi connectivity index (χ1v) is 13.2. The van der Waals surface area contributed by atoms with Crippen molar-refractivity contribution in [2.45, 2.75) is 44.2 Å². The summed E-state index contributed by atoms with van der Waals surface area (Å²) in [6.45, 7) is 3.16. The highest BCUT2D eigenvalue weighted by molar-refractivity contribution is 7.99. The Kier molecular flexibility index (Phi) is 8.36. The number of thiophene rings is 1. The van der Waals surface area contributed by atoms with Crippen molar-refractivity contribution in [2.24, 2.45) is 0 Å². The van der Waals surface area contributed by atoms with Gasteiger partial charge in [-0.05, 0) is 56.7 Å². The molecule has 2 aromatic heterocycles. The fourth-order valence-corrected chi connectivity index (χ4v) is 5.93. The predicted octanol–water partition coefficient (Wildman–Crippen LogP) is 4.01. The molecule has 2 heterocycles. The maximum absolute atomic E-state index is 13.0. The number of anilines is 1. The van der Waals surface area contributed by atoms with Gasteiger partial charge in [-0.25, -0.2) is 0 Å². The molecule has 2 N–H and O–H groups in total. The van der Waals surface area contributed by atoms with Gasteiger partial charge in [0, 0.05) is 30.8 Å². The number of ether oxygens (including phenoxy) is 1. The second-order valence-corrected chi connectivity index (χ2v) is 10.2. The molecule has 1 aromatic carbocycles. The van der Waals surface area contributed by atoms with E-state index in [0.717, 1.165) is 43.4 Å². The van der Waals surface area contributed by atoms with Crippen molar-refractivity contribution in [1.29, 1.82) is 0 Å². The van der Waals surface area contributed by atoms with Crippen LogP contribution in [0.2, 0.25) is 0 Å². The number of carbonyl (C=O) groups excluding carboxylic acids is 2. The number of methoxy groups -OCH3 is 1. The molecule has 34 heavy (non-hydrogen) atoms. The summed E-state index contributed by atoms with van der Waals surface area (Å²) in [4.78, 5) is 27.1. The van der Waals surface area contributed by atoms with Crippen LogP contribution in [0.15, 0.2) is 35.7 Å². The molecule has 0 unspecified atom stereocenters. The summed E-state index contributed by atoms with van der Waals surface area (Å²) in [5.74, 6) is -0.129. The van der Waals surface area contributed by atoms with Gasteiger partial charge in [-0.3, -0.25) is 14.2 Å². The maximum Gasteiger partial charge on any atom is 0.254 e. The van der Waals surface area contributed by atoms with Crippen LogP contribution in [0.5, 0.6) is 0 Å². The smallest absolute Gasteiger partial charge is 0.254 e. The predicted molar refractivity (Wildman–Crippen MR) is 135 cm³/mol. The van der Waals surface area contributed by atoms with Crippen LogP contribution in [-0.2, 0) is 22.4 Å². The van der Waals surface area contributed by atoms with Gasteiger partial charge in [0.25, 0.3) is 5.91 Å². The lowest BCUT2D eigenvalue weighted by molar-refractivity contribution is -0.113. The summed E-state index contributed by atoms with van der Waals surface area (Å²) in [6.07, 6.45) is 6.38. The van der Waals surface area contributed by atoms with Crippen LogP contribution >= 0.6 is 23.1 Å². The highest BCUT2D eigenvalue weighted by Crippen LogP contribution is 2.38. The van der Waals surface area contributed by atoms with Crippen LogP contribution < -0.4 is 10.6 Å². The van der Waals surface area contributed by atoms with E-state index in [1.165, 1.54) is 33.5 Å². The fraction of sp³-hybridized carbons (Fsp3) is 0.417. The van der Waals surface area contributed by atoms with Crippen molar-refractivity contribution in [2.75, 3.05) is 31.3 Å². The number of amides is 2. The Labute approximate surface area is 207 Å². The zero-order chi connectivity index (χ0) is 23.9. The fourth-order valence-electron chi connectivity index (χ4n) is 3.90. The van der Waals surface area contributed by atoms with Crippen LogP contribution in [-0.4, -0.2) is 52.6 Å². The van der Waals surface area contributed by atoms with E-state index in [4.69, 9.17) is 4.74 Å². The van der Waals surface area contributed by atoms with Crippen LogP contribution in [0, 0.1) is 6.92 Å². The van der Waals surface area contributed by atoms with Gasteiger partial charge in [-0.1, -0.05) is 29.5 Å². The van der Waals surface area contributed by atoms with E-state index >= 15 is 0 Å². The molecule has 0 bridgehead atoms. The molecule has 8 nitrogen and oxygen atoms in total. The van der Waals surface area contributed by atoms with Crippen molar-refractivity contribution in [3.8, 4) is 5.69 Å². The Bertz CT molecular complexity index is 1140. The monoisotopic (exact) mass is 499 g/mol. The molecule has 3 aromatic rings. The van der Waals surface area contributed by atoms with Crippen molar-refractivity contribution in [3.63, 3.8) is 0 Å².